The van der Waals surface area contributed by atoms with Gasteiger partial charge in [-0.05, 0) is 43.9 Å². The zero-order valence-electron chi connectivity index (χ0n) is 16.3. The first-order valence-corrected chi connectivity index (χ1v) is 9.12. The number of hydrogen-bond acceptors (Lipinski definition) is 4. The van der Waals surface area contributed by atoms with Gasteiger partial charge in [0, 0.05) is 19.0 Å². The normalized spacial score (nSPS) is 10.8. The first kappa shape index (κ1) is 18.8. The molecule has 0 saturated carbocycles. The number of nitrogens with zero attached hydrogens (tertiary/aromatic N) is 3. The molecule has 5 nitrogen and oxygen atoms in total. The van der Waals surface area contributed by atoms with Gasteiger partial charge in [0.05, 0.1) is 6.54 Å². The smallest absolute Gasteiger partial charge is 0.246 e. The first-order valence-electron chi connectivity index (χ1n) is 9.12. The number of benzene rings is 2. The van der Waals surface area contributed by atoms with Gasteiger partial charge in [0.1, 0.15) is 0 Å². The molecular formula is C22H25N3O2. The van der Waals surface area contributed by atoms with E-state index in [1.54, 1.807) is 11.9 Å². The van der Waals surface area contributed by atoms with Crippen molar-refractivity contribution in [3.8, 4) is 11.4 Å². The maximum absolute atomic E-state index is 12.4. The van der Waals surface area contributed by atoms with Gasteiger partial charge in [-0.25, -0.2) is 0 Å². The summed E-state index contributed by atoms with van der Waals surface area (Å²) in [5.41, 5.74) is 5.78. The Bertz CT molecular complexity index is 929. The summed E-state index contributed by atoms with van der Waals surface area (Å²) in [5, 5.41) is 4.02. The van der Waals surface area contributed by atoms with Crippen LogP contribution in [-0.4, -0.2) is 28.0 Å². The molecule has 0 atom stereocenters. The Kier molecular flexibility index (Phi) is 5.69. The monoisotopic (exact) mass is 363 g/mol. The summed E-state index contributed by atoms with van der Waals surface area (Å²) < 4.78 is 5.31. The van der Waals surface area contributed by atoms with Crippen molar-refractivity contribution in [1.82, 2.24) is 15.0 Å². The molecular weight excluding hydrogens is 338 g/mol. The molecule has 5 heteroatoms. The molecule has 0 fully saturated rings. The lowest BCUT2D eigenvalue weighted by molar-refractivity contribution is -0.130. The Labute approximate surface area is 160 Å². The van der Waals surface area contributed by atoms with E-state index in [0.29, 0.717) is 24.7 Å². The number of aromatic nitrogens is 2. The highest BCUT2D eigenvalue weighted by Crippen LogP contribution is 2.17. The van der Waals surface area contributed by atoms with Crippen LogP contribution in [0.15, 0.2) is 47.0 Å². The molecule has 0 radical (unpaired) electrons. The summed E-state index contributed by atoms with van der Waals surface area (Å²) in [5.74, 6) is 1.04. The summed E-state index contributed by atoms with van der Waals surface area (Å²) in [6, 6.07) is 14.3. The molecule has 0 aliphatic heterocycles. The quantitative estimate of drug-likeness (QED) is 0.657. The zero-order valence-corrected chi connectivity index (χ0v) is 16.3. The van der Waals surface area contributed by atoms with Gasteiger partial charge in [-0.2, -0.15) is 4.98 Å². The molecule has 1 aromatic heterocycles. The number of amides is 1. The Hall–Kier alpha value is -2.95. The Morgan fingerprint density at radius 1 is 1.04 bits per heavy atom. The van der Waals surface area contributed by atoms with Gasteiger partial charge in [-0.3, -0.25) is 4.79 Å². The van der Waals surface area contributed by atoms with Crippen LogP contribution >= 0.6 is 0 Å². The van der Waals surface area contributed by atoms with Crippen molar-refractivity contribution >= 4 is 5.91 Å². The lowest BCUT2D eigenvalue weighted by Crippen LogP contribution is -2.26. The van der Waals surface area contributed by atoms with Crippen molar-refractivity contribution in [1.29, 1.82) is 0 Å². The Morgan fingerprint density at radius 2 is 1.78 bits per heavy atom. The average Bonchev–Trinajstić information content (AvgIpc) is 3.11. The van der Waals surface area contributed by atoms with Crippen molar-refractivity contribution < 1.29 is 9.32 Å². The molecule has 0 aliphatic rings. The van der Waals surface area contributed by atoms with E-state index in [0.717, 1.165) is 12.0 Å². The summed E-state index contributed by atoms with van der Waals surface area (Å²) in [6.07, 6.45) is 1.18. The van der Waals surface area contributed by atoms with Crippen molar-refractivity contribution in [2.45, 2.75) is 40.2 Å². The fraction of sp³-hybridized carbons (Fsp3) is 0.318. The molecule has 1 heterocycles. The lowest BCUT2D eigenvalue weighted by Gasteiger charge is -2.14. The molecule has 140 valence electrons. The van der Waals surface area contributed by atoms with E-state index in [1.165, 1.54) is 22.3 Å². The van der Waals surface area contributed by atoms with Crippen LogP contribution < -0.4 is 0 Å². The Morgan fingerprint density at radius 3 is 2.48 bits per heavy atom. The van der Waals surface area contributed by atoms with Crippen LogP contribution in [0.2, 0.25) is 0 Å². The minimum Gasteiger partial charge on any atom is -0.337 e. The molecule has 1 amide bonds. The van der Waals surface area contributed by atoms with Gasteiger partial charge < -0.3 is 9.42 Å². The van der Waals surface area contributed by atoms with Crippen LogP contribution in [-0.2, 0) is 17.8 Å². The number of carbonyl (C=O) groups is 1. The second-order valence-corrected chi connectivity index (χ2v) is 7.05. The highest BCUT2D eigenvalue weighted by atomic mass is 16.5. The number of carbonyl (C=O) groups excluding carboxylic acids is 1. The molecule has 0 saturated heterocycles. The van der Waals surface area contributed by atoms with Crippen LogP contribution in [0.3, 0.4) is 0 Å². The molecule has 3 rings (SSSR count). The fourth-order valence-corrected chi connectivity index (χ4v) is 2.83. The standard InChI is InChI=1S/C22H25N3O2/c1-15-5-10-19(11-6-15)22-23-20(27-24-22)14-25(4)21(26)12-9-18-8-7-16(2)17(3)13-18/h5-8,10-11,13H,9,12,14H2,1-4H3. The van der Waals surface area contributed by atoms with E-state index in [4.69, 9.17) is 4.52 Å². The second-order valence-electron chi connectivity index (χ2n) is 7.05. The van der Waals surface area contributed by atoms with Crippen LogP contribution in [0.4, 0.5) is 0 Å². The predicted octanol–water partition coefficient (Wildman–Crippen LogP) is 4.25. The molecule has 0 spiro atoms. The highest BCUT2D eigenvalue weighted by Gasteiger charge is 2.15. The first-order chi connectivity index (χ1) is 12.9. The molecule has 27 heavy (non-hydrogen) atoms. The third-order valence-electron chi connectivity index (χ3n) is 4.77. The SMILES string of the molecule is Cc1ccc(-c2noc(CN(C)C(=O)CCc3ccc(C)c(C)c3)n2)cc1. The summed E-state index contributed by atoms with van der Waals surface area (Å²) in [6.45, 7) is 6.52. The van der Waals surface area contributed by atoms with Crippen molar-refractivity contribution in [3.05, 3.63) is 70.6 Å². The van der Waals surface area contributed by atoms with Gasteiger partial charge in [-0.1, -0.05) is 53.2 Å². The lowest BCUT2D eigenvalue weighted by atomic mass is 10.0. The van der Waals surface area contributed by atoms with E-state index in [9.17, 15) is 4.79 Å². The predicted molar refractivity (Wildman–Crippen MR) is 105 cm³/mol. The minimum atomic E-state index is 0.0586. The van der Waals surface area contributed by atoms with Gasteiger partial charge in [-0.15, -0.1) is 0 Å². The Balaban J connectivity index is 1.56. The highest BCUT2D eigenvalue weighted by molar-refractivity contribution is 5.76. The van der Waals surface area contributed by atoms with Crippen molar-refractivity contribution in [2.75, 3.05) is 7.05 Å². The molecule has 0 bridgehead atoms. The maximum atomic E-state index is 12.4. The van der Waals surface area contributed by atoms with E-state index < -0.39 is 0 Å². The molecule has 0 aliphatic carbocycles. The number of rotatable bonds is 6. The van der Waals surface area contributed by atoms with Crippen molar-refractivity contribution in [2.24, 2.45) is 0 Å². The fourth-order valence-electron chi connectivity index (χ4n) is 2.83. The summed E-state index contributed by atoms with van der Waals surface area (Å²) in [7, 11) is 1.76. The molecule has 0 unspecified atom stereocenters. The number of aryl methyl sites for hydroxylation is 4. The summed E-state index contributed by atoms with van der Waals surface area (Å²) >= 11 is 0. The third-order valence-corrected chi connectivity index (χ3v) is 4.77. The summed E-state index contributed by atoms with van der Waals surface area (Å²) in [4.78, 5) is 18.5. The zero-order chi connectivity index (χ0) is 19.4. The molecule has 0 N–H and O–H groups in total. The topological polar surface area (TPSA) is 59.2 Å². The van der Waals surface area contributed by atoms with E-state index in [-0.39, 0.29) is 5.91 Å². The van der Waals surface area contributed by atoms with Crippen LogP contribution in [0.25, 0.3) is 11.4 Å². The van der Waals surface area contributed by atoms with Crippen LogP contribution in [0, 0.1) is 20.8 Å². The second kappa shape index (κ2) is 8.16. The van der Waals surface area contributed by atoms with Gasteiger partial charge in [0.25, 0.3) is 0 Å². The molecule has 2 aromatic carbocycles. The van der Waals surface area contributed by atoms with Crippen molar-refractivity contribution in [3.63, 3.8) is 0 Å². The van der Waals surface area contributed by atoms with Gasteiger partial charge >= 0.3 is 0 Å². The molecule has 3 aromatic rings. The average molecular weight is 363 g/mol. The van der Waals surface area contributed by atoms with E-state index >= 15 is 0 Å². The van der Waals surface area contributed by atoms with E-state index in [1.807, 2.05) is 31.2 Å². The third kappa shape index (κ3) is 4.82. The van der Waals surface area contributed by atoms with Gasteiger partial charge in [0.15, 0.2) is 0 Å². The van der Waals surface area contributed by atoms with E-state index in [2.05, 4.69) is 42.2 Å². The maximum Gasteiger partial charge on any atom is 0.246 e. The minimum absolute atomic E-state index is 0.0586. The van der Waals surface area contributed by atoms with Gasteiger partial charge in [0.2, 0.25) is 17.6 Å². The number of hydrogen-bond donors (Lipinski definition) is 0. The largest absolute Gasteiger partial charge is 0.337 e. The van der Waals surface area contributed by atoms with Crippen LogP contribution in [0.5, 0.6) is 0 Å². The van der Waals surface area contributed by atoms with Crippen LogP contribution in [0.1, 0.15) is 34.6 Å².